The van der Waals surface area contributed by atoms with Crippen LogP contribution in [0.15, 0.2) is 36.7 Å². The van der Waals surface area contributed by atoms with Crippen molar-refractivity contribution in [1.29, 1.82) is 0 Å². The fourth-order valence-corrected chi connectivity index (χ4v) is 1.43. The molecule has 0 saturated carbocycles. The van der Waals surface area contributed by atoms with Crippen LogP contribution in [0.5, 0.6) is 11.5 Å². The molecule has 0 radical (unpaired) electrons. The van der Waals surface area contributed by atoms with Gasteiger partial charge in [0.15, 0.2) is 5.75 Å². The van der Waals surface area contributed by atoms with Gasteiger partial charge < -0.3 is 4.74 Å². The molecule has 0 aliphatic carbocycles. The summed E-state index contributed by atoms with van der Waals surface area (Å²) < 4.78 is 6.58. The number of hydrogen-bond donors (Lipinski definition) is 0. The average molecular weight is 299 g/mol. The number of rotatable bonds is 2. The van der Waals surface area contributed by atoms with Gasteiger partial charge in [0.25, 0.3) is 0 Å². The third-order valence-electron chi connectivity index (χ3n) is 1.54. The normalized spacial score (nSPS) is 9.79. The molecule has 0 amide bonds. The number of hydrogen-bond acceptors (Lipinski definition) is 4. The standard InChI is InChI=1S/C9H6IN3O/c10-8-3-1-2-4-9(8)14-7-5-11-13-12-6-7/h1-6H. The third-order valence-corrected chi connectivity index (χ3v) is 2.43. The lowest BCUT2D eigenvalue weighted by atomic mass is 10.3. The zero-order valence-corrected chi connectivity index (χ0v) is 9.25. The molecule has 1 aromatic carbocycles. The Bertz CT molecular complexity index is 421. The summed E-state index contributed by atoms with van der Waals surface area (Å²) in [6, 6.07) is 7.73. The lowest BCUT2D eigenvalue weighted by Crippen LogP contribution is -1.90. The Morgan fingerprint density at radius 2 is 1.79 bits per heavy atom. The van der Waals surface area contributed by atoms with Gasteiger partial charge in [0, 0.05) is 0 Å². The highest BCUT2D eigenvalue weighted by atomic mass is 127. The summed E-state index contributed by atoms with van der Waals surface area (Å²) in [4.78, 5) is 0. The van der Waals surface area contributed by atoms with Crippen molar-refractivity contribution in [3.05, 3.63) is 40.2 Å². The van der Waals surface area contributed by atoms with Crippen molar-refractivity contribution in [2.75, 3.05) is 0 Å². The zero-order valence-electron chi connectivity index (χ0n) is 7.09. The van der Waals surface area contributed by atoms with Crippen LogP contribution in [0.2, 0.25) is 0 Å². The molecular formula is C9H6IN3O. The largest absolute Gasteiger partial charge is 0.453 e. The van der Waals surface area contributed by atoms with Gasteiger partial charge in [-0.25, -0.2) is 0 Å². The summed E-state index contributed by atoms with van der Waals surface area (Å²) in [7, 11) is 0. The van der Waals surface area contributed by atoms with Crippen molar-refractivity contribution in [2.45, 2.75) is 0 Å². The molecule has 0 saturated heterocycles. The summed E-state index contributed by atoms with van der Waals surface area (Å²) >= 11 is 2.21. The number of ether oxygens (including phenoxy) is 1. The second kappa shape index (κ2) is 4.32. The van der Waals surface area contributed by atoms with Crippen LogP contribution < -0.4 is 4.74 Å². The van der Waals surface area contributed by atoms with Crippen LogP contribution >= 0.6 is 22.6 Å². The molecule has 0 spiro atoms. The average Bonchev–Trinajstić information content (AvgIpc) is 2.23. The first-order chi connectivity index (χ1) is 6.86. The van der Waals surface area contributed by atoms with Crippen LogP contribution in [0.3, 0.4) is 0 Å². The van der Waals surface area contributed by atoms with E-state index in [1.807, 2.05) is 24.3 Å². The van der Waals surface area contributed by atoms with E-state index in [1.54, 1.807) is 0 Å². The SMILES string of the molecule is Ic1ccccc1Oc1cnnnc1. The molecular weight excluding hydrogens is 293 g/mol. The minimum Gasteiger partial charge on any atom is -0.453 e. The van der Waals surface area contributed by atoms with Gasteiger partial charge in [-0.2, -0.15) is 0 Å². The molecule has 2 aromatic rings. The van der Waals surface area contributed by atoms with Gasteiger partial charge >= 0.3 is 0 Å². The van der Waals surface area contributed by atoms with Crippen LogP contribution in [-0.2, 0) is 0 Å². The zero-order chi connectivity index (χ0) is 9.80. The Morgan fingerprint density at radius 3 is 2.50 bits per heavy atom. The van der Waals surface area contributed by atoms with Crippen LogP contribution in [0, 0.1) is 3.57 Å². The summed E-state index contributed by atoms with van der Waals surface area (Å²) in [5, 5.41) is 10.7. The van der Waals surface area contributed by atoms with Crippen LogP contribution in [0.1, 0.15) is 0 Å². The van der Waals surface area contributed by atoms with Gasteiger partial charge in [-0.1, -0.05) is 12.1 Å². The van der Waals surface area contributed by atoms with E-state index in [0.29, 0.717) is 5.75 Å². The molecule has 5 heteroatoms. The van der Waals surface area contributed by atoms with E-state index < -0.39 is 0 Å². The monoisotopic (exact) mass is 299 g/mol. The van der Waals surface area contributed by atoms with Crippen molar-refractivity contribution in [1.82, 2.24) is 15.4 Å². The van der Waals surface area contributed by atoms with Crippen molar-refractivity contribution >= 4 is 22.6 Å². The van der Waals surface area contributed by atoms with Crippen LogP contribution in [0.4, 0.5) is 0 Å². The highest BCUT2D eigenvalue weighted by Crippen LogP contribution is 2.24. The van der Waals surface area contributed by atoms with E-state index >= 15 is 0 Å². The first kappa shape index (κ1) is 9.32. The molecule has 0 bridgehead atoms. The smallest absolute Gasteiger partial charge is 0.167 e. The number of benzene rings is 1. The van der Waals surface area contributed by atoms with Gasteiger partial charge in [-0.15, -0.1) is 10.2 Å². The number of halogens is 1. The predicted molar refractivity (Wildman–Crippen MR) is 59.1 cm³/mol. The first-order valence-electron chi connectivity index (χ1n) is 3.92. The van der Waals surface area contributed by atoms with Crippen LogP contribution in [0.25, 0.3) is 0 Å². The topological polar surface area (TPSA) is 47.9 Å². The quantitative estimate of drug-likeness (QED) is 0.798. The van der Waals surface area contributed by atoms with Gasteiger partial charge in [0.2, 0.25) is 0 Å². The fraction of sp³-hybridized carbons (Fsp3) is 0. The third kappa shape index (κ3) is 2.16. The van der Waals surface area contributed by atoms with Gasteiger partial charge in [-0.05, 0) is 39.9 Å². The molecule has 14 heavy (non-hydrogen) atoms. The summed E-state index contributed by atoms with van der Waals surface area (Å²) in [5.41, 5.74) is 0. The van der Waals surface area contributed by atoms with Crippen molar-refractivity contribution in [2.24, 2.45) is 0 Å². The molecule has 2 rings (SSSR count). The molecule has 4 nitrogen and oxygen atoms in total. The lowest BCUT2D eigenvalue weighted by molar-refractivity contribution is 0.470. The summed E-state index contributed by atoms with van der Waals surface area (Å²) in [6.07, 6.45) is 3.05. The minimum absolute atomic E-state index is 0.587. The maximum Gasteiger partial charge on any atom is 0.167 e. The Balaban J connectivity index is 2.24. The van der Waals surface area contributed by atoms with Crippen molar-refractivity contribution in [3.63, 3.8) is 0 Å². The number of aromatic nitrogens is 3. The highest BCUT2D eigenvalue weighted by molar-refractivity contribution is 14.1. The van der Waals surface area contributed by atoms with Crippen molar-refractivity contribution < 1.29 is 4.74 Å². The number of para-hydroxylation sites is 1. The summed E-state index contributed by atoms with van der Waals surface area (Å²) in [6.45, 7) is 0. The Morgan fingerprint density at radius 1 is 1.07 bits per heavy atom. The fourth-order valence-electron chi connectivity index (χ4n) is 0.936. The van der Waals surface area contributed by atoms with Crippen molar-refractivity contribution in [3.8, 4) is 11.5 Å². The molecule has 0 aliphatic rings. The van der Waals surface area contributed by atoms with E-state index in [4.69, 9.17) is 4.74 Å². The van der Waals surface area contributed by atoms with Crippen LogP contribution in [-0.4, -0.2) is 15.4 Å². The van der Waals surface area contributed by atoms with E-state index in [2.05, 4.69) is 38.0 Å². The molecule has 70 valence electrons. The molecule has 1 aromatic heterocycles. The predicted octanol–water partition coefficient (Wildman–Crippen LogP) is 2.27. The Kier molecular flexibility index (Phi) is 2.87. The molecule has 0 aliphatic heterocycles. The summed E-state index contributed by atoms with van der Waals surface area (Å²) in [5.74, 6) is 1.38. The van der Waals surface area contributed by atoms with Gasteiger partial charge in [0.05, 0.1) is 16.0 Å². The Hall–Kier alpha value is -1.24. The highest BCUT2D eigenvalue weighted by Gasteiger charge is 2.00. The first-order valence-corrected chi connectivity index (χ1v) is 5.00. The second-order valence-corrected chi connectivity index (χ2v) is 3.68. The Labute approximate surface area is 94.5 Å². The van der Waals surface area contributed by atoms with Gasteiger partial charge in [0.1, 0.15) is 5.75 Å². The van der Waals surface area contributed by atoms with E-state index in [0.717, 1.165) is 9.32 Å². The van der Waals surface area contributed by atoms with E-state index in [-0.39, 0.29) is 0 Å². The molecule has 0 unspecified atom stereocenters. The lowest BCUT2D eigenvalue weighted by Gasteiger charge is -2.05. The molecule has 0 N–H and O–H groups in total. The van der Waals surface area contributed by atoms with E-state index in [1.165, 1.54) is 12.4 Å². The molecule has 1 heterocycles. The molecule has 0 atom stereocenters. The minimum atomic E-state index is 0.587. The maximum atomic E-state index is 5.54. The maximum absolute atomic E-state index is 5.54. The second-order valence-electron chi connectivity index (χ2n) is 2.51. The van der Waals surface area contributed by atoms with E-state index in [9.17, 15) is 0 Å². The van der Waals surface area contributed by atoms with Gasteiger partial charge in [-0.3, -0.25) is 0 Å². The number of nitrogens with zero attached hydrogens (tertiary/aromatic N) is 3. The molecule has 0 fully saturated rings.